The van der Waals surface area contributed by atoms with Crippen LogP contribution in [0.1, 0.15) is 24.6 Å². The van der Waals surface area contributed by atoms with Gasteiger partial charge in [0.05, 0.1) is 0 Å². The third-order valence-electron chi connectivity index (χ3n) is 2.57. The number of carbonyl (C=O) groups is 1. The van der Waals surface area contributed by atoms with Crippen LogP contribution >= 0.6 is 11.3 Å². The fraction of sp³-hybridized carbons (Fsp3) is 0.500. The summed E-state index contributed by atoms with van der Waals surface area (Å²) in [5.74, 6) is 0.0721. The van der Waals surface area contributed by atoms with Crippen LogP contribution in [0.15, 0.2) is 17.5 Å². The predicted octanol–water partition coefficient (Wildman–Crippen LogP) is 1.92. The Labute approximate surface area is 82.0 Å². The Balaban J connectivity index is 2.01. The van der Waals surface area contributed by atoms with Gasteiger partial charge in [-0.2, -0.15) is 0 Å². The van der Waals surface area contributed by atoms with Gasteiger partial charge in [0.2, 0.25) is 5.91 Å². The average Bonchev–Trinajstić information content (AvgIpc) is 2.68. The van der Waals surface area contributed by atoms with E-state index in [1.165, 1.54) is 17.7 Å². The van der Waals surface area contributed by atoms with Gasteiger partial charge in [-0.15, -0.1) is 11.3 Å². The van der Waals surface area contributed by atoms with Crippen LogP contribution in [0.2, 0.25) is 0 Å². The van der Waals surface area contributed by atoms with Crippen molar-refractivity contribution in [2.24, 2.45) is 0 Å². The van der Waals surface area contributed by atoms with Crippen LogP contribution < -0.4 is 5.32 Å². The van der Waals surface area contributed by atoms with Gasteiger partial charge < -0.3 is 5.32 Å². The highest BCUT2D eigenvalue weighted by Gasteiger charge is 2.44. The lowest BCUT2D eigenvalue weighted by molar-refractivity contribution is -0.119. The average molecular weight is 195 g/mol. The molecule has 1 amide bonds. The minimum absolute atomic E-state index is 0.0721. The van der Waals surface area contributed by atoms with E-state index in [1.807, 2.05) is 0 Å². The minimum Gasteiger partial charge on any atom is -0.355 e. The van der Waals surface area contributed by atoms with Gasteiger partial charge in [0.1, 0.15) is 0 Å². The maximum atomic E-state index is 10.8. The summed E-state index contributed by atoms with van der Waals surface area (Å²) in [5, 5.41) is 5.00. The Bertz CT molecular complexity index is 301. The lowest BCUT2D eigenvalue weighted by atomic mass is 10.1. The molecular formula is C10H13NOS. The van der Waals surface area contributed by atoms with Crippen molar-refractivity contribution in [3.63, 3.8) is 0 Å². The highest BCUT2D eigenvalue weighted by molar-refractivity contribution is 7.10. The summed E-state index contributed by atoms with van der Waals surface area (Å²) >= 11 is 1.79. The number of rotatable bonds is 3. The molecule has 0 spiro atoms. The molecule has 70 valence electrons. The second kappa shape index (κ2) is 3.14. The molecule has 3 heteroatoms. The van der Waals surface area contributed by atoms with Crippen molar-refractivity contribution in [3.8, 4) is 0 Å². The summed E-state index contributed by atoms with van der Waals surface area (Å²) in [6.45, 7) is 2.38. The smallest absolute Gasteiger partial charge is 0.216 e. The van der Waals surface area contributed by atoms with Crippen molar-refractivity contribution in [2.75, 3.05) is 6.54 Å². The zero-order valence-corrected chi connectivity index (χ0v) is 8.49. The highest BCUT2D eigenvalue weighted by Crippen LogP contribution is 2.49. The quantitative estimate of drug-likeness (QED) is 0.784. The Kier molecular flexibility index (Phi) is 2.12. The molecule has 2 nitrogen and oxygen atoms in total. The molecule has 0 unspecified atom stereocenters. The van der Waals surface area contributed by atoms with E-state index in [4.69, 9.17) is 0 Å². The van der Waals surface area contributed by atoms with E-state index in [1.54, 1.807) is 18.3 Å². The van der Waals surface area contributed by atoms with E-state index in [0.717, 1.165) is 6.54 Å². The van der Waals surface area contributed by atoms with Gasteiger partial charge >= 0.3 is 0 Å². The Morgan fingerprint density at radius 3 is 2.92 bits per heavy atom. The molecule has 0 bridgehead atoms. The van der Waals surface area contributed by atoms with E-state index < -0.39 is 0 Å². The second-order valence-corrected chi connectivity index (χ2v) is 4.62. The molecule has 1 aliphatic rings. The fourth-order valence-corrected chi connectivity index (χ4v) is 2.52. The van der Waals surface area contributed by atoms with E-state index in [0.29, 0.717) is 5.41 Å². The molecule has 1 saturated carbocycles. The van der Waals surface area contributed by atoms with Crippen molar-refractivity contribution < 1.29 is 4.79 Å². The number of thiophene rings is 1. The molecular weight excluding hydrogens is 182 g/mol. The van der Waals surface area contributed by atoms with Gasteiger partial charge in [0.25, 0.3) is 0 Å². The molecule has 1 N–H and O–H groups in total. The summed E-state index contributed by atoms with van der Waals surface area (Å²) in [6, 6.07) is 4.24. The lowest BCUT2D eigenvalue weighted by Crippen LogP contribution is -2.29. The zero-order valence-electron chi connectivity index (χ0n) is 7.67. The molecule has 0 atom stereocenters. The minimum atomic E-state index is 0.0721. The van der Waals surface area contributed by atoms with Gasteiger partial charge in [-0.05, 0) is 24.3 Å². The van der Waals surface area contributed by atoms with Crippen molar-refractivity contribution in [1.29, 1.82) is 0 Å². The van der Waals surface area contributed by atoms with Crippen molar-refractivity contribution in [1.82, 2.24) is 5.32 Å². The summed E-state index contributed by atoms with van der Waals surface area (Å²) in [7, 11) is 0. The Morgan fingerprint density at radius 1 is 1.69 bits per heavy atom. The van der Waals surface area contributed by atoms with E-state index in [9.17, 15) is 4.79 Å². The Hall–Kier alpha value is -0.830. The fourth-order valence-electron chi connectivity index (χ4n) is 1.54. The van der Waals surface area contributed by atoms with Crippen LogP contribution in [0.3, 0.4) is 0 Å². The van der Waals surface area contributed by atoms with Crippen molar-refractivity contribution in [3.05, 3.63) is 22.4 Å². The molecule has 0 aromatic carbocycles. The molecule has 0 aliphatic heterocycles. The zero-order chi connectivity index (χ0) is 9.31. The van der Waals surface area contributed by atoms with Crippen LogP contribution in [0, 0.1) is 0 Å². The monoisotopic (exact) mass is 195 g/mol. The normalized spacial score (nSPS) is 18.2. The molecule has 1 aromatic rings. The predicted molar refractivity (Wildman–Crippen MR) is 53.9 cm³/mol. The third-order valence-corrected chi connectivity index (χ3v) is 3.69. The van der Waals surface area contributed by atoms with Crippen molar-refractivity contribution in [2.45, 2.75) is 25.2 Å². The second-order valence-electron chi connectivity index (χ2n) is 3.67. The van der Waals surface area contributed by atoms with Crippen LogP contribution in [0.25, 0.3) is 0 Å². The summed E-state index contributed by atoms with van der Waals surface area (Å²) < 4.78 is 0. The summed E-state index contributed by atoms with van der Waals surface area (Å²) in [5.41, 5.74) is 0.292. The maximum absolute atomic E-state index is 10.8. The molecule has 2 rings (SSSR count). The molecule has 1 fully saturated rings. The summed E-state index contributed by atoms with van der Waals surface area (Å²) in [4.78, 5) is 12.2. The molecule has 1 aliphatic carbocycles. The maximum Gasteiger partial charge on any atom is 0.216 e. The number of carbonyl (C=O) groups excluding carboxylic acids is 1. The topological polar surface area (TPSA) is 29.1 Å². The van der Waals surface area contributed by atoms with Gasteiger partial charge in [0.15, 0.2) is 0 Å². The first-order chi connectivity index (χ1) is 6.23. The van der Waals surface area contributed by atoms with Gasteiger partial charge in [-0.1, -0.05) is 6.07 Å². The van der Waals surface area contributed by atoms with Crippen LogP contribution in [-0.2, 0) is 10.2 Å². The largest absolute Gasteiger partial charge is 0.355 e. The summed E-state index contributed by atoms with van der Waals surface area (Å²) in [6.07, 6.45) is 2.43. The molecule has 0 radical (unpaired) electrons. The molecule has 13 heavy (non-hydrogen) atoms. The third kappa shape index (κ3) is 1.75. The van der Waals surface area contributed by atoms with E-state index >= 15 is 0 Å². The molecule has 1 aromatic heterocycles. The number of amides is 1. The van der Waals surface area contributed by atoms with Gasteiger partial charge in [-0.25, -0.2) is 0 Å². The first kappa shape index (κ1) is 8.75. The van der Waals surface area contributed by atoms with Crippen LogP contribution in [-0.4, -0.2) is 12.5 Å². The van der Waals surface area contributed by atoms with E-state index in [-0.39, 0.29) is 5.91 Å². The van der Waals surface area contributed by atoms with E-state index in [2.05, 4.69) is 22.8 Å². The van der Waals surface area contributed by atoms with Gasteiger partial charge in [0, 0.05) is 23.8 Å². The van der Waals surface area contributed by atoms with Crippen LogP contribution in [0.5, 0.6) is 0 Å². The highest BCUT2D eigenvalue weighted by atomic mass is 32.1. The molecule has 1 heterocycles. The molecule has 0 saturated heterocycles. The lowest BCUT2D eigenvalue weighted by Gasteiger charge is -2.12. The first-order valence-electron chi connectivity index (χ1n) is 4.51. The van der Waals surface area contributed by atoms with Crippen LogP contribution in [0.4, 0.5) is 0 Å². The SMILES string of the molecule is CC(=O)NCC1(c2cccs2)CC1. The number of hydrogen-bond donors (Lipinski definition) is 1. The standard InChI is InChI=1S/C10H13NOS/c1-8(12)11-7-10(4-5-10)9-3-2-6-13-9/h2-3,6H,4-5,7H2,1H3,(H,11,12). The van der Waals surface area contributed by atoms with Gasteiger partial charge in [-0.3, -0.25) is 4.79 Å². The number of nitrogens with one attached hydrogen (secondary N) is 1. The Morgan fingerprint density at radius 2 is 2.46 bits per heavy atom. The first-order valence-corrected chi connectivity index (χ1v) is 5.39. The van der Waals surface area contributed by atoms with Crippen molar-refractivity contribution >= 4 is 17.2 Å². The number of hydrogen-bond acceptors (Lipinski definition) is 2.